The third-order valence-electron chi connectivity index (χ3n) is 6.63. The SMILES string of the molecule is N#C/C(=C(/O)CN1CCN(C(c2ccccc2)c2ccccc2)CC1)c1nc2ccccc2c(=O)[nH]1. The second-order valence-corrected chi connectivity index (χ2v) is 8.90. The van der Waals surface area contributed by atoms with E-state index in [1.807, 2.05) is 18.2 Å². The van der Waals surface area contributed by atoms with Crippen LogP contribution < -0.4 is 5.56 Å². The number of aromatic amines is 1. The van der Waals surface area contributed by atoms with Crippen LogP contribution in [-0.4, -0.2) is 57.6 Å². The number of hydrogen-bond acceptors (Lipinski definition) is 6. The Labute approximate surface area is 209 Å². The summed E-state index contributed by atoms with van der Waals surface area (Å²) in [5.74, 6) is -0.00222. The molecule has 5 rings (SSSR count). The lowest BCUT2D eigenvalue weighted by atomic mass is 9.96. The second kappa shape index (κ2) is 10.6. The van der Waals surface area contributed by atoms with Crippen LogP contribution in [-0.2, 0) is 0 Å². The number of aliphatic hydroxyl groups excluding tert-OH is 1. The fourth-order valence-corrected chi connectivity index (χ4v) is 4.81. The molecule has 4 aromatic rings. The van der Waals surface area contributed by atoms with E-state index in [4.69, 9.17) is 0 Å². The molecular formula is C29H27N5O2. The summed E-state index contributed by atoms with van der Waals surface area (Å²) in [4.78, 5) is 24.1. The number of nitrogens with one attached hydrogen (secondary N) is 1. The first kappa shape index (κ1) is 23.5. The van der Waals surface area contributed by atoms with Gasteiger partial charge in [-0.15, -0.1) is 0 Å². The number of allylic oxidation sites excluding steroid dienone is 1. The minimum atomic E-state index is -0.336. The summed E-state index contributed by atoms with van der Waals surface area (Å²) >= 11 is 0. The average Bonchev–Trinajstić information content (AvgIpc) is 2.92. The molecule has 1 aromatic heterocycles. The normalized spacial score (nSPS) is 15.6. The van der Waals surface area contributed by atoms with Crippen LogP contribution in [0.1, 0.15) is 23.0 Å². The number of hydrogen-bond donors (Lipinski definition) is 2. The number of nitriles is 1. The molecule has 2 N–H and O–H groups in total. The smallest absolute Gasteiger partial charge is 0.259 e. The lowest BCUT2D eigenvalue weighted by molar-refractivity contribution is 0.108. The summed E-state index contributed by atoms with van der Waals surface area (Å²) in [7, 11) is 0. The number of piperazine rings is 1. The van der Waals surface area contributed by atoms with Gasteiger partial charge in [0.2, 0.25) is 0 Å². The molecule has 7 nitrogen and oxygen atoms in total. The van der Waals surface area contributed by atoms with Gasteiger partial charge in [0, 0.05) is 26.2 Å². The number of nitrogens with zero attached hydrogens (tertiary/aromatic N) is 4. The van der Waals surface area contributed by atoms with Crippen LogP contribution in [0, 0.1) is 11.3 Å². The molecule has 0 spiro atoms. The van der Waals surface area contributed by atoms with Crippen LogP contribution in [0.2, 0.25) is 0 Å². The molecule has 0 atom stereocenters. The van der Waals surface area contributed by atoms with Crippen LogP contribution in [0.15, 0.2) is 95.5 Å². The zero-order valence-corrected chi connectivity index (χ0v) is 19.8. The number of fused-ring (bicyclic) bond motifs is 1. The maximum Gasteiger partial charge on any atom is 0.259 e. The molecule has 0 saturated carbocycles. The molecule has 0 unspecified atom stereocenters. The molecule has 2 heterocycles. The fourth-order valence-electron chi connectivity index (χ4n) is 4.81. The van der Waals surface area contributed by atoms with Crippen molar-refractivity contribution in [2.24, 2.45) is 0 Å². The highest BCUT2D eigenvalue weighted by Crippen LogP contribution is 2.29. The Bertz CT molecular complexity index is 1430. The first-order valence-electron chi connectivity index (χ1n) is 12.0. The summed E-state index contributed by atoms with van der Waals surface area (Å²) in [6.07, 6.45) is 0. The molecule has 3 aromatic carbocycles. The third-order valence-corrected chi connectivity index (χ3v) is 6.63. The highest BCUT2D eigenvalue weighted by molar-refractivity contribution is 5.81. The Balaban J connectivity index is 1.33. The van der Waals surface area contributed by atoms with Gasteiger partial charge < -0.3 is 10.1 Å². The van der Waals surface area contributed by atoms with Crippen molar-refractivity contribution in [3.63, 3.8) is 0 Å². The predicted molar refractivity (Wildman–Crippen MR) is 140 cm³/mol. The van der Waals surface area contributed by atoms with Crippen molar-refractivity contribution in [1.82, 2.24) is 19.8 Å². The lowest BCUT2D eigenvalue weighted by Crippen LogP contribution is -2.48. The van der Waals surface area contributed by atoms with Gasteiger partial charge in [0.05, 0.1) is 23.5 Å². The van der Waals surface area contributed by atoms with Gasteiger partial charge >= 0.3 is 0 Å². The van der Waals surface area contributed by atoms with Crippen LogP contribution in [0.5, 0.6) is 0 Å². The van der Waals surface area contributed by atoms with Crippen LogP contribution >= 0.6 is 0 Å². The molecule has 0 bridgehead atoms. The van der Waals surface area contributed by atoms with Crippen molar-refractivity contribution < 1.29 is 5.11 Å². The molecule has 36 heavy (non-hydrogen) atoms. The Kier molecular flexibility index (Phi) is 6.89. The van der Waals surface area contributed by atoms with Crippen LogP contribution in [0.25, 0.3) is 16.5 Å². The molecule has 0 radical (unpaired) electrons. The zero-order valence-electron chi connectivity index (χ0n) is 19.8. The van der Waals surface area contributed by atoms with Crippen molar-refractivity contribution in [3.8, 4) is 6.07 Å². The second-order valence-electron chi connectivity index (χ2n) is 8.90. The van der Waals surface area contributed by atoms with Gasteiger partial charge in [-0.1, -0.05) is 72.8 Å². The van der Waals surface area contributed by atoms with E-state index in [2.05, 4.69) is 68.3 Å². The molecule has 180 valence electrons. The van der Waals surface area contributed by atoms with Crippen LogP contribution in [0.4, 0.5) is 0 Å². The van der Waals surface area contributed by atoms with Gasteiger partial charge in [0.1, 0.15) is 17.4 Å². The topological polar surface area (TPSA) is 96.2 Å². The summed E-state index contributed by atoms with van der Waals surface area (Å²) in [5, 5.41) is 21.0. The third kappa shape index (κ3) is 4.91. The van der Waals surface area contributed by atoms with Crippen molar-refractivity contribution >= 4 is 16.5 Å². The molecule has 1 fully saturated rings. The Hall–Kier alpha value is -4.25. The van der Waals surface area contributed by atoms with E-state index >= 15 is 0 Å². The molecule has 0 amide bonds. The van der Waals surface area contributed by atoms with Crippen molar-refractivity contribution in [3.05, 3.63) is 118 Å². The van der Waals surface area contributed by atoms with E-state index in [1.54, 1.807) is 24.3 Å². The molecule has 1 aliphatic heterocycles. The highest BCUT2D eigenvalue weighted by Gasteiger charge is 2.27. The standard InChI is InChI=1S/C29H27N5O2/c30-19-24(28-31-25-14-8-7-13-23(25)29(36)32-28)26(35)20-33-15-17-34(18-16-33)27(21-9-3-1-4-10-21)22-11-5-2-6-12-22/h1-14,27,35H,15-18,20H2,(H,31,32,36)/b26-24-. The van der Waals surface area contributed by atoms with Gasteiger partial charge in [-0.2, -0.15) is 5.26 Å². The van der Waals surface area contributed by atoms with E-state index in [1.165, 1.54) is 11.1 Å². The van der Waals surface area contributed by atoms with E-state index in [9.17, 15) is 15.2 Å². The number of benzene rings is 3. The molecule has 1 aliphatic rings. The van der Waals surface area contributed by atoms with Crippen molar-refractivity contribution in [2.45, 2.75) is 6.04 Å². The number of aromatic nitrogens is 2. The summed E-state index contributed by atoms with van der Waals surface area (Å²) in [5.41, 5.74) is 2.64. The van der Waals surface area contributed by atoms with E-state index in [0.29, 0.717) is 10.9 Å². The average molecular weight is 478 g/mol. The largest absolute Gasteiger partial charge is 0.509 e. The zero-order chi connectivity index (χ0) is 24.9. The quantitative estimate of drug-likeness (QED) is 0.320. The maximum absolute atomic E-state index is 12.4. The Morgan fingerprint density at radius 2 is 1.50 bits per heavy atom. The van der Waals surface area contributed by atoms with Crippen LogP contribution in [0.3, 0.4) is 0 Å². The monoisotopic (exact) mass is 477 g/mol. The number of H-pyrrole nitrogens is 1. The van der Waals surface area contributed by atoms with E-state index in [0.717, 1.165) is 26.2 Å². The lowest BCUT2D eigenvalue weighted by Gasteiger charge is -2.39. The summed E-state index contributed by atoms with van der Waals surface area (Å²) in [6, 6.07) is 30.1. The summed E-state index contributed by atoms with van der Waals surface area (Å²) in [6.45, 7) is 3.32. The molecule has 7 heteroatoms. The number of para-hydroxylation sites is 1. The Morgan fingerprint density at radius 3 is 2.11 bits per heavy atom. The van der Waals surface area contributed by atoms with E-state index in [-0.39, 0.29) is 35.3 Å². The number of aliphatic hydroxyl groups is 1. The minimum absolute atomic E-state index is 0.00766. The fraction of sp³-hybridized carbons (Fsp3) is 0.207. The van der Waals surface area contributed by atoms with E-state index < -0.39 is 0 Å². The maximum atomic E-state index is 12.4. The molecular weight excluding hydrogens is 450 g/mol. The summed E-state index contributed by atoms with van der Waals surface area (Å²) < 4.78 is 0. The highest BCUT2D eigenvalue weighted by atomic mass is 16.3. The van der Waals surface area contributed by atoms with Gasteiger partial charge in [0.25, 0.3) is 5.56 Å². The number of rotatable bonds is 6. The van der Waals surface area contributed by atoms with Crippen molar-refractivity contribution in [1.29, 1.82) is 5.26 Å². The van der Waals surface area contributed by atoms with Crippen molar-refractivity contribution in [2.75, 3.05) is 32.7 Å². The van der Waals surface area contributed by atoms with Gasteiger partial charge in [-0.05, 0) is 23.3 Å². The first-order valence-corrected chi connectivity index (χ1v) is 12.0. The Morgan fingerprint density at radius 1 is 0.917 bits per heavy atom. The molecule has 0 aliphatic carbocycles. The first-order chi connectivity index (χ1) is 17.6. The van der Waals surface area contributed by atoms with Gasteiger partial charge in [-0.3, -0.25) is 14.6 Å². The predicted octanol–water partition coefficient (Wildman–Crippen LogP) is 4.12. The van der Waals surface area contributed by atoms with Gasteiger partial charge in [-0.25, -0.2) is 4.98 Å². The molecule has 1 saturated heterocycles. The van der Waals surface area contributed by atoms with Gasteiger partial charge in [0.15, 0.2) is 5.82 Å². The minimum Gasteiger partial charge on any atom is -0.509 e.